The van der Waals surface area contributed by atoms with Gasteiger partial charge < -0.3 is 20.3 Å². The average molecular weight is 458 g/mol. The van der Waals surface area contributed by atoms with Crippen LogP contribution in [-0.2, 0) is 20.6 Å². The molecule has 176 valence electrons. The summed E-state index contributed by atoms with van der Waals surface area (Å²) in [6, 6.07) is 5.25. The first-order valence-corrected chi connectivity index (χ1v) is 12.0. The molecule has 2 amide bonds. The minimum Gasteiger partial charge on any atom is -0.497 e. The van der Waals surface area contributed by atoms with Crippen molar-refractivity contribution in [3.05, 3.63) is 29.8 Å². The maximum absolute atomic E-state index is 13.1. The fourth-order valence-electron chi connectivity index (χ4n) is 3.29. The first kappa shape index (κ1) is 27.3. The number of carbonyl (C=O) groups is 2. The van der Waals surface area contributed by atoms with Crippen LogP contribution in [0, 0.1) is 11.8 Å². The number of carbonyl (C=O) groups excluding carboxylic acids is 2. The molecule has 0 aliphatic carbocycles. The van der Waals surface area contributed by atoms with Crippen molar-refractivity contribution in [2.75, 3.05) is 14.2 Å². The number of ether oxygens (including phenoxy) is 1. The topological polar surface area (TPSA) is 142 Å². The lowest BCUT2D eigenvalue weighted by Crippen LogP contribution is -2.54. The monoisotopic (exact) mass is 457 g/mol. The van der Waals surface area contributed by atoms with E-state index in [9.17, 15) is 23.9 Å². The maximum Gasteiger partial charge on any atom is 0.342 e. The molecular weight excluding hydrogens is 421 g/mol. The van der Waals surface area contributed by atoms with Crippen LogP contribution in [0.4, 0.5) is 0 Å². The van der Waals surface area contributed by atoms with Crippen LogP contribution in [0.15, 0.2) is 24.3 Å². The Morgan fingerprint density at radius 3 is 2.10 bits per heavy atom. The van der Waals surface area contributed by atoms with Crippen LogP contribution in [0.1, 0.15) is 39.7 Å². The van der Waals surface area contributed by atoms with Gasteiger partial charge in [0.15, 0.2) is 0 Å². The van der Waals surface area contributed by atoms with Gasteiger partial charge >= 0.3 is 7.60 Å². The van der Waals surface area contributed by atoms with Crippen molar-refractivity contribution < 1.29 is 28.7 Å². The first-order valence-electron chi connectivity index (χ1n) is 10.3. The Labute approximate surface area is 184 Å². The highest BCUT2D eigenvalue weighted by Crippen LogP contribution is 2.43. The molecule has 0 spiro atoms. The van der Waals surface area contributed by atoms with E-state index in [-0.39, 0.29) is 12.3 Å². The number of likely N-dealkylation sites (N-methyl/N-ethyl adjacent to an activating group) is 1. The first-order chi connectivity index (χ1) is 14.3. The Morgan fingerprint density at radius 2 is 1.68 bits per heavy atom. The summed E-state index contributed by atoms with van der Waals surface area (Å²) in [4.78, 5) is 46.2. The molecule has 0 bridgehead atoms. The Hall–Kier alpha value is -1.77. The standard InChI is InChI=1S/C21H36N3O6P/c1-13(2)11-18(23-19(14(3)4)31(27,28)29)21(26)24(5)20(25)17(22)12-15-7-9-16(30-6)10-8-15/h7-10,13-14,17-19,23H,11-12,22H2,1-6H3,(H2,27,28,29)/t17-,18?,19?/m0/s1. The number of hydrogen-bond acceptors (Lipinski definition) is 6. The third kappa shape index (κ3) is 8.35. The van der Waals surface area contributed by atoms with E-state index in [4.69, 9.17) is 10.5 Å². The number of benzene rings is 1. The van der Waals surface area contributed by atoms with Gasteiger partial charge in [-0.1, -0.05) is 39.8 Å². The van der Waals surface area contributed by atoms with E-state index in [1.807, 2.05) is 13.8 Å². The summed E-state index contributed by atoms with van der Waals surface area (Å²) in [6.07, 6.45) is 0.549. The number of nitrogens with zero attached hydrogens (tertiary/aromatic N) is 1. The largest absolute Gasteiger partial charge is 0.497 e. The third-order valence-electron chi connectivity index (χ3n) is 4.96. The van der Waals surface area contributed by atoms with Crippen LogP contribution in [0.25, 0.3) is 0 Å². The summed E-state index contributed by atoms with van der Waals surface area (Å²) in [5, 5.41) is 2.80. The molecule has 0 radical (unpaired) electrons. The van der Waals surface area contributed by atoms with Crippen LogP contribution < -0.4 is 15.8 Å². The highest BCUT2D eigenvalue weighted by atomic mass is 31.2. The molecule has 0 aromatic heterocycles. The molecule has 1 aromatic carbocycles. The second kappa shape index (κ2) is 11.7. The molecule has 0 heterocycles. The number of nitrogens with two attached hydrogens (primary N) is 1. The van der Waals surface area contributed by atoms with Crippen LogP contribution in [0.3, 0.4) is 0 Å². The van der Waals surface area contributed by atoms with Gasteiger partial charge in [0.2, 0.25) is 11.8 Å². The van der Waals surface area contributed by atoms with Crippen molar-refractivity contribution >= 4 is 19.4 Å². The van der Waals surface area contributed by atoms with Crippen molar-refractivity contribution in [1.29, 1.82) is 0 Å². The van der Waals surface area contributed by atoms with Crippen LogP contribution in [0.5, 0.6) is 5.75 Å². The van der Waals surface area contributed by atoms with Gasteiger partial charge in [0, 0.05) is 7.05 Å². The molecule has 0 aliphatic rings. The lowest BCUT2D eigenvalue weighted by Gasteiger charge is -2.31. The van der Waals surface area contributed by atoms with Crippen molar-refractivity contribution in [3.8, 4) is 5.75 Å². The molecule has 1 rings (SSSR count). The van der Waals surface area contributed by atoms with E-state index in [2.05, 4.69) is 5.32 Å². The second-order valence-corrected chi connectivity index (χ2v) is 10.3. The zero-order valence-corrected chi connectivity index (χ0v) is 20.0. The van der Waals surface area contributed by atoms with Crippen LogP contribution in [-0.4, -0.2) is 58.5 Å². The Balaban J connectivity index is 2.96. The minimum atomic E-state index is -4.50. The Bertz CT molecular complexity index is 778. The van der Waals surface area contributed by atoms with E-state index in [0.717, 1.165) is 10.5 Å². The van der Waals surface area contributed by atoms with Crippen molar-refractivity contribution in [2.24, 2.45) is 17.6 Å². The molecule has 10 heteroatoms. The quantitative estimate of drug-likeness (QED) is 0.368. The van der Waals surface area contributed by atoms with E-state index < -0.39 is 43.2 Å². The zero-order valence-electron chi connectivity index (χ0n) is 19.1. The van der Waals surface area contributed by atoms with Gasteiger partial charge in [-0.2, -0.15) is 0 Å². The highest BCUT2D eigenvalue weighted by Gasteiger charge is 2.37. The predicted molar refractivity (Wildman–Crippen MR) is 119 cm³/mol. The van der Waals surface area contributed by atoms with Gasteiger partial charge in [-0.05, 0) is 42.4 Å². The van der Waals surface area contributed by atoms with Gasteiger partial charge in [0.05, 0.1) is 19.2 Å². The van der Waals surface area contributed by atoms with E-state index >= 15 is 0 Å². The molecule has 2 unspecified atom stereocenters. The second-order valence-electron chi connectivity index (χ2n) is 8.52. The fourth-order valence-corrected chi connectivity index (χ4v) is 4.44. The zero-order chi connectivity index (χ0) is 23.9. The summed E-state index contributed by atoms with van der Waals surface area (Å²) in [7, 11) is -1.60. The number of rotatable bonds is 11. The number of nitrogens with one attached hydrogen (secondary N) is 1. The average Bonchev–Trinajstić information content (AvgIpc) is 2.68. The Morgan fingerprint density at radius 1 is 1.13 bits per heavy atom. The minimum absolute atomic E-state index is 0.0579. The summed E-state index contributed by atoms with van der Waals surface area (Å²) in [5.41, 5.74) is 6.88. The maximum atomic E-state index is 13.1. The van der Waals surface area contributed by atoms with Gasteiger partial charge in [-0.3, -0.25) is 24.4 Å². The number of amides is 2. The van der Waals surface area contributed by atoms with Crippen molar-refractivity contribution in [1.82, 2.24) is 10.2 Å². The molecular formula is C21H36N3O6P. The summed E-state index contributed by atoms with van der Waals surface area (Å²) >= 11 is 0. The Kier molecular flexibility index (Phi) is 10.3. The molecule has 0 saturated heterocycles. The predicted octanol–water partition coefficient (Wildman–Crippen LogP) is 1.71. The number of imide groups is 1. The van der Waals surface area contributed by atoms with Crippen molar-refractivity contribution in [2.45, 2.75) is 58.4 Å². The lowest BCUT2D eigenvalue weighted by molar-refractivity contribution is -0.145. The molecule has 1 aromatic rings. The summed E-state index contributed by atoms with van der Waals surface area (Å²) < 4.78 is 17.0. The SMILES string of the molecule is COc1ccc(C[C@H](N)C(=O)N(C)C(=O)C(CC(C)C)NC(C(C)C)P(=O)(O)O)cc1. The van der Waals surface area contributed by atoms with Gasteiger partial charge in [-0.25, -0.2) is 0 Å². The van der Waals surface area contributed by atoms with Crippen molar-refractivity contribution in [3.63, 3.8) is 0 Å². The summed E-state index contributed by atoms with van der Waals surface area (Å²) in [6.45, 7) is 7.10. The highest BCUT2D eigenvalue weighted by molar-refractivity contribution is 7.52. The molecule has 0 fully saturated rings. The van der Waals surface area contributed by atoms with E-state index in [1.54, 1.807) is 45.2 Å². The van der Waals surface area contributed by atoms with E-state index in [1.165, 1.54) is 7.05 Å². The smallest absolute Gasteiger partial charge is 0.342 e. The molecule has 3 atom stereocenters. The van der Waals surface area contributed by atoms with Gasteiger partial charge in [0.1, 0.15) is 11.5 Å². The van der Waals surface area contributed by atoms with Crippen LogP contribution in [0.2, 0.25) is 0 Å². The molecule has 9 nitrogen and oxygen atoms in total. The molecule has 0 aliphatic heterocycles. The number of methoxy groups -OCH3 is 1. The normalized spacial score (nSPS) is 14.9. The molecule has 0 saturated carbocycles. The molecule has 31 heavy (non-hydrogen) atoms. The van der Waals surface area contributed by atoms with Gasteiger partial charge in [-0.15, -0.1) is 0 Å². The van der Waals surface area contributed by atoms with Crippen LogP contribution >= 0.6 is 7.60 Å². The number of hydrogen-bond donors (Lipinski definition) is 4. The lowest BCUT2D eigenvalue weighted by atomic mass is 10.0. The molecule has 5 N–H and O–H groups in total. The van der Waals surface area contributed by atoms with Gasteiger partial charge in [0.25, 0.3) is 0 Å². The third-order valence-corrected chi connectivity index (χ3v) is 6.43. The fraction of sp³-hybridized carbons (Fsp3) is 0.619. The van der Waals surface area contributed by atoms with E-state index in [0.29, 0.717) is 12.2 Å². The summed E-state index contributed by atoms with van der Waals surface area (Å²) in [5.74, 6) is -2.00.